The Morgan fingerprint density at radius 2 is 1.66 bits per heavy atom. The number of hydrogen-bond donors (Lipinski definition) is 2. The monoisotopic (exact) mass is 514 g/mol. The Kier molecular flexibility index (Phi) is 7.95. The summed E-state index contributed by atoms with van der Waals surface area (Å²) in [4.78, 5) is 14.4. The molecule has 1 aliphatic heterocycles. The van der Waals surface area contributed by atoms with Crippen LogP contribution in [0, 0.1) is 5.82 Å². The summed E-state index contributed by atoms with van der Waals surface area (Å²) in [5.74, 6) is 0.623. The van der Waals surface area contributed by atoms with Crippen LogP contribution in [0.25, 0.3) is 0 Å². The molecule has 1 fully saturated rings. The third kappa shape index (κ3) is 6.56. The average Bonchev–Trinajstić information content (AvgIpc) is 2.96. The lowest BCUT2D eigenvalue weighted by Gasteiger charge is -2.27. The molecule has 3 heterocycles. The molecule has 0 aliphatic carbocycles. The number of anilines is 5. The second-order valence-electron chi connectivity index (χ2n) is 8.44. The second-order valence-corrected chi connectivity index (χ2v) is 8.44. The molecule has 194 valence electrons. The molecule has 2 N–H and O–H groups in total. The summed E-state index contributed by atoms with van der Waals surface area (Å²) in [5, 5.41) is 14.9. The summed E-state index contributed by atoms with van der Waals surface area (Å²) in [6.07, 6.45) is 2.85. The summed E-state index contributed by atoms with van der Waals surface area (Å²) in [6, 6.07) is 19.5. The van der Waals surface area contributed by atoms with Crippen LogP contribution in [-0.2, 0) is 11.3 Å². The van der Waals surface area contributed by atoms with Crippen LogP contribution in [0.2, 0.25) is 0 Å². The maximum Gasteiger partial charge on any atom is 0.270 e. The zero-order valence-corrected chi connectivity index (χ0v) is 20.8. The first-order chi connectivity index (χ1) is 18.7. The lowest BCUT2D eigenvalue weighted by molar-refractivity contribution is 0.122. The van der Waals surface area contributed by atoms with E-state index >= 15 is 0 Å². The number of ether oxygens (including phenoxy) is 2. The molecule has 0 saturated carbocycles. The predicted molar refractivity (Wildman–Crippen MR) is 143 cm³/mol. The Balaban J connectivity index is 1.18. The Morgan fingerprint density at radius 3 is 2.39 bits per heavy atom. The lowest BCUT2D eigenvalue weighted by Crippen LogP contribution is -2.37. The molecule has 11 heteroatoms. The first-order valence-corrected chi connectivity index (χ1v) is 12.1. The van der Waals surface area contributed by atoms with Gasteiger partial charge < -0.3 is 25.0 Å². The molecule has 2 aromatic heterocycles. The fourth-order valence-electron chi connectivity index (χ4n) is 3.87. The lowest BCUT2D eigenvalue weighted by atomic mass is 10.2. The van der Waals surface area contributed by atoms with Crippen molar-refractivity contribution in [3.63, 3.8) is 0 Å². The molecule has 1 saturated heterocycles. The minimum Gasteiger partial charge on any atom is -0.497 e. The number of aromatic nitrogens is 3. The summed E-state index contributed by atoms with van der Waals surface area (Å²) >= 11 is 0. The fourth-order valence-corrected chi connectivity index (χ4v) is 3.87. The Morgan fingerprint density at radius 1 is 0.921 bits per heavy atom. The van der Waals surface area contributed by atoms with E-state index in [9.17, 15) is 4.39 Å². The van der Waals surface area contributed by atoms with Gasteiger partial charge in [-0.1, -0.05) is 12.1 Å². The average molecular weight is 515 g/mol. The predicted octanol–water partition coefficient (Wildman–Crippen LogP) is 5.63. The van der Waals surface area contributed by atoms with Gasteiger partial charge in [0.05, 0.1) is 44.1 Å². The van der Waals surface area contributed by atoms with E-state index in [2.05, 4.69) is 35.8 Å². The number of pyridine rings is 1. The number of hydrogen-bond acceptors (Lipinski definition) is 10. The van der Waals surface area contributed by atoms with Gasteiger partial charge in [0.15, 0.2) is 11.6 Å². The van der Waals surface area contributed by atoms with Crippen molar-refractivity contribution >= 4 is 34.5 Å². The first kappa shape index (κ1) is 25.0. The Labute approximate surface area is 219 Å². The van der Waals surface area contributed by atoms with Crippen molar-refractivity contribution in [2.75, 3.05) is 48.9 Å². The van der Waals surface area contributed by atoms with Crippen molar-refractivity contribution in [2.45, 2.75) is 6.54 Å². The number of nitrogens with one attached hydrogen (secondary N) is 2. The van der Waals surface area contributed by atoms with Gasteiger partial charge in [0.25, 0.3) is 5.95 Å². The third-order valence-electron chi connectivity index (χ3n) is 5.75. The van der Waals surface area contributed by atoms with E-state index in [4.69, 9.17) is 9.47 Å². The maximum atomic E-state index is 14.2. The van der Waals surface area contributed by atoms with Crippen LogP contribution in [0.4, 0.5) is 38.9 Å². The van der Waals surface area contributed by atoms with Gasteiger partial charge in [0.1, 0.15) is 12.3 Å². The highest BCUT2D eigenvalue weighted by molar-refractivity contribution is 5.68. The van der Waals surface area contributed by atoms with Gasteiger partial charge in [0.2, 0.25) is 0 Å². The summed E-state index contributed by atoms with van der Waals surface area (Å²) in [5.41, 5.74) is 4.35. The Hall–Kier alpha value is -4.64. The normalized spacial score (nSPS) is 13.5. The Bertz CT molecular complexity index is 1390. The van der Waals surface area contributed by atoms with Crippen molar-refractivity contribution in [1.29, 1.82) is 0 Å². The highest BCUT2D eigenvalue weighted by Gasteiger charge is 2.17. The largest absolute Gasteiger partial charge is 0.497 e. The van der Waals surface area contributed by atoms with Gasteiger partial charge in [-0.25, -0.2) is 9.37 Å². The van der Waals surface area contributed by atoms with Crippen LogP contribution < -0.4 is 20.3 Å². The fraction of sp³-hybridized carbons (Fsp3) is 0.222. The minimum atomic E-state index is -0.489. The molecular weight excluding hydrogens is 487 g/mol. The van der Waals surface area contributed by atoms with E-state index < -0.39 is 5.82 Å². The van der Waals surface area contributed by atoms with Gasteiger partial charge in [-0.15, -0.1) is 5.11 Å². The van der Waals surface area contributed by atoms with Crippen LogP contribution >= 0.6 is 0 Å². The minimum absolute atomic E-state index is 0.105. The molecule has 0 spiro atoms. The number of rotatable bonds is 9. The van der Waals surface area contributed by atoms with E-state index in [0.717, 1.165) is 40.4 Å². The molecule has 4 aromatic rings. The summed E-state index contributed by atoms with van der Waals surface area (Å²) in [6.45, 7) is 2.44. The van der Waals surface area contributed by atoms with Crippen LogP contribution in [-0.4, -0.2) is 48.4 Å². The number of benzene rings is 2. The van der Waals surface area contributed by atoms with Crippen LogP contribution in [0.5, 0.6) is 5.75 Å². The first-order valence-electron chi connectivity index (χ1n) is 12.1. The molecule has 5 rings (SSSR count). The smallest absolute Gasteiger partial charge is 0.270 e. The third-order valence-corrected chi connectivity index (χ3v) is 5.75. The van der Waals surface area contributed by atoms with Crippen molar-refractivity contribution in [2.24, 2.45) is 10.2 Å². The van der Waals surface area contributed by atoms with E-state index in [1.165, 1.54) is 0 Å². The van der Waals surface area contributed by atoms with Gasteiger partial charge in [-0.05, 0) is 42.5 Å². The molecule has 0 amide bonds. The molecule has 1 aliphatic rings. The van der Waals surface area contributed by atoms with Gasteiger partial charge in [0, 0.05) is 36.2 Å². The summed E-state index contributed by atoms with van der Waals surface area (Å²) < 4.78 is 24.8. The molecular formula is C27H27FN8O2. The van der Waals surface area contributed by atoms with E-state index in [1.807, 2.05) is 65.6 Å². The molecule has 38 heavy (non-hydrogen) atoms. The van der Waals surface area contributed by atoms with Gasteiger partial charge in [-0.2, -0.15) is 10.1 Å². The maximum absolute atomic E-state index is 14.2. The number of azo groups is 1. The zero-order valence-electron chi connectivity index (χ0n) is 20.8. The number of morpholine rings is 1. The van der Waals surface area contributed by atoms with E-state index in [-0.39, 0.29) is 18.3 Å². The molecule has 0 unspecified atom stereocenters. The molecule has 0 bridgehead atoms. The van der Waals surface area contributed by atoms with Crippen molar-refractivity contribution in [3.8, 4) is 5.75 Å². The molecule has 2 aromatic carbocycles. The van der Waals surface area contributed by atoms with Crippen LogP contribution in [0.1, 0.15) is 5.69 Å². The van der Waals surface area contributed by atoms with Crippen LogP contribution in [0.15, 0.2) is 83.3 Å². The summed E-state index contributed by atoms with van der Waals surface area (Å²) in [7, 11) is 1.65. The van der Waals surface area contributed by atoms with Gasteiger partial charge >= 0.3 is 0 Å². The van der Waals surface area contributed by atoms with E-state index in [1.54, 1.807) is 13.3 Å². The van der Waals surface area contributed by atoms with Crippen molar-refractivity contribution < 1.29 is 13.9 Å². The molecule has 10 nitrogen and oxygen atoms in total. The second kappa shape index (κ2) is 12.1. The molecule has 0 atom stereocenters. The number of methoxy groups -OCH3 is 1. The number of nitrogens with zero attached hydrogens (tertiary/aromatic N) is 6. The number of halogens is 1. The van der Waals surface area contributed by atoms with E-state index in [0.29, 0.717) is 26.3 Å². The van der Waals surface area contributed by atoms with Gasteiger partial charge in [-0.3, -0.25) is 4.98 Å². The van der Waals surface area contributed by atoms with Crippen molar-refractivity contribution in [1.82, 2.24) is 15.0 Å². The zero-order chi connectivity index (χ0) is 26.2. The highest BCUT2D eigenvalue weighted by atomic mass is 19.1. The standard InChI is InChI=1S/C27H27FN8O2/c1-37-24-7-3-6-21(15-24)32-19-4-2-5-20(14-19)33-23-9-8-22(29-16-23)17-31-35-27-30-18-25(28)26(34-27)36-10-12-38-13-11-36/h2-9,14-16,18,32-33H,10-13,17H2,1H3. The topological polar surface area (TPSA) is 109 Å². The highest BCUT2D eigenvalue weighted by Crippen LogP contribution is 2.25. The van der Waals surface area contributed by atoms with Crippen LogP contribution in [0.3, 0.4) is 0 Å². The molecule has 0 radical (unpaired) electrons. The SMILES string of the molecule is COc1cccc(Nc2cccc(Nc3ccc(CN=Nc4ncc(F)c(N5CCOCC5)n4)nc3)c2)c1. The quantitative estimate of drug-likeness (QED) is 0.277. The van der Waals surface area contributed by atoms with Crippen molar-refractivity contribution in [3.05, 3.63) is 84.6 Å².